The number of likely N-dealkylation sites (tertiary alicyclic amines) is 1. The highest BCUT2D eigenvalue weighted by atomic mass is 19.3. The summed E-state index contributed by atoms with van der Waals surface area (Å²) in [5.41, 5.74) is 9.81. The molecule has 2 aliphatic carbocycles. The highest BCUT2D eigenvalue weighted by Gasteiger charge is 2.46. The average molecular weight is 636 g/mol. The minimum Gasteiger partial charge on any atom is -0.330 e. The van der Waals surface area contributed by atoms with Gasteiger partial charge in [0, 0.05) is 62.6 Å². The van der Waals surface area contributed by atoms with Gasteiger partial charge >= 0.3 is 0 Å². The van der Waals surface area contributed by atoms with E-state index in [4.69, 9.17) is 10.7 Å². The SMILES string of the molecule is CN1C[C@@H]2CC[C@H]([C@@H]1CN(CCCCN)C1CCCc3cccnc31)N2CC[C@@H](CC(=O)C1CCC(F)(F)CC1)c1ccccc1. The first kappa shape index (κ1) is 33.6. The number of aromatic nitrogens is 1. The molecule has 1 unspecified atom stereocenters. The number of nitrogens with two attached hydrogens (primary N) is 1. The monoisotopic (exact) mass is 635 g/mol. The molecule has 4 aliphatic rings. The second-order valence-corrected chi connectivity index (χ2v) is 14.7. The number of hydrogen-bond donors (Lipinski definition) is 1. The van der Waals surface area contributed by atoms with Crippen molar-refractivity contribution in [2.75, 3.05) is 39.8 Å². The zero-order chi connectivity index (χ0) is 32.1. The lowest BCUT2D eigenvalue weighted by molar-refractivity contribution is -0.127. The second kappa shape index (κ2) is 15.3. The van der Waals surface area contributed by atoms with Crippen LogP contribution in [0.5, 0.6) is 0 Å². The summed E-state index contributed by atoms with van der Waals surface area (Å²) < 4.78 is 27.7. The van der Waals surface area contributed by atoms with E-state index in [1.54, 1.807) is 0 Å². The Balaban J connectivity index is 1.15. The molecular weight excluding hydrogens is 580 g/mol. The third-order valence-electron chi connectivity index (χ3n) is 11.8. The third kappa shape index (κ3) is 7.88. The smallest absolute Gasteiger partial charge is 0.248 e. The van der Waals surface area contributed by atoms with E-state index >= 15 is 0 Å². The Morgan fingerprint density at radius 1 is 1.07 bits per heavy atom. The van der Waals surface area contributed by atoms with Crippen LogP contribution in [0.25, 0.3) is 0 Å². The predicted molar refractivity (Wildman–Crippen MR) is 180 cm³/mol. The Kier molecular flexibility index (Phi) is 11.2. The lowest BCUT2D eigenvalue weighted by Crippen LogP contribution is -2.61. The number of benzene rings is 1. The number of Topliss-reactive ketones (excluding diaryl/α,β-unsaturated/α-hetero) is 1. The number of likely N-dealkylation sites (N-methyl/N-ethyl adjacent to an activating group) is 1. The molecule has 3 fully saturated rings. The minimum atomic E-state index is -2.61. The van der Waals surface area contributed by atoms with E-state index in [2.05, 4.69) is 58.1 Å². The van der Waals surface area contributed by atoms with E-state index in [1.807, 2.05) is 12.3 Å². The summed E-state index contributed by atoms with van der Waals surface area (Å²) in [6.45, 7) is 4.85. The van der Waals surface area contributed by atoms with Gasteiger partial charge in [0.15, 0.2) is 0 Å². The first-order valence-corrected chi connectivity index (χ1v) is 18.1. The standard InChI is InChI=1S/C38H55F2N5O/c1-43-26-32-14-15-33(35(43)27-44(23-6-5-21-41)34-13-7-11-30-12-8-22-42-37(30)34)45(32)24-18-31(28-9-3-2-4-10-28)25-36(46)29-16-19-38(39,40)20-17-29/h2-4,8-10,12,22,29,31-35H,5-7,11,13-21,23-27,41H2,1H3/t31-,32-,33+,34?,35-/m0/s1. The summed E-state index contributed by atoms with van der Waals surface area (Å²) in [4.78, 5) is 26.5. The van der Waals surface area contributed by atoms with Crippen molar-refractivity contribution in [1.82, 2.24) is 19.7 Å². The lowest BCUT2D eigenvalue weighted by Gasteiger charge is -2.48. The number of alkyl halides is 2. The molecule has 2 N–H and O–H groups in total. The molecule has 0 radical (unpaired) electrons. The van der Waals surface area contributed by atoms with Crippen molar-refractivity contribution in [3.63, 3.8) is 0 Å². The Labute approximate surface area is 275 Å². The van der Waals surface area contributed by atoms with Crippen molar-refractivity contribution in [1.29, 1.82) is 0 Å². The van der Waals surface area contributed by atoms with Gasteiger partial charge in [0.25, 0.3) is 0 Å². The molecule has 6 rings (SSSR count). The molecule has 1 aromatic carbocycles. The molecule has 6 nitrogen and oxygen atoms in total. The minimum absolute atomic E-state index is 0.117. The average Bonchev–Trinajstić information content (AvgIpc) is 3.37. The topological polar surface area (TPSA) is 65.7 Å². The summed E-state index contributed by atoms with van der Waals surface area (Å²) in [7, 11) is 2.32. The Bertz CT molecular complexity index is 1270. The highest BCUT2D eigenvalue weighted by molar-refractivity contribution is 5.82. The van der Waals surface area contributed by atoms with E-state index in [-0.39, 0.29) is 30.5 Å². The van der Waals surface area contributed by atoms with Crippen LogP contribution in [0.1, 0.15) is 106 Å². The largest absolute Gasteiger partial charge is 0.330 e. The first-order chi connectivity index (χ1) is 22.3. The molecule has 252 valence electrons. The number of ketones is 1. The van der Waals surface area contributed by atoms with Crippen LogP contribution in [0.4, 0.5) is 8.78 Å². The molecule has 2 saturated heterocycles. The van der Waals surface area contributed by atoms with E-state index in [0.717, 1.165) is 64.8 Å². The number of carbonyl (C=O) groups is 1. The normalized spacial score (nSPS) is 27.5. The molecule has 1 aromatic heterocycles. The summed E-state index contributed by atoms with van der Waals surface area (Å²) >= 11 is 0. The van der Waals surface area contributed by atoms with Gasteiger partial charge in [-0.3, -0.25) is 24.5 Å². The fraction of sp³-hybridized carbons (Fsp3) is 0.684. The van der Waals surface area contributed by atoms with E-state index in [9.17, 15) is 13.6 Å². The summed E-state index contributed by atoms with van der Waals surface area (Å²) in [5, 5.41) is 0. The molecule has 2 aliphatic heterocycles. The van der Waals surface area contributed by atoms with Crippen molar-refractivity contribution >= 4 is 5.78 Å². The quantitative estimate of drug-likeness (QED) is 0.236. The van der Waals surface area contributed by atoms with Gasteiger partial charge in [-0.1, -0.05) is 36.4 Å². The number of aryl methyl sites for hydroxylation is 1. The number of carbonyl (C=O) groups excluding carboxylic acids is 1. The van der Waals surface area contributed by atoms with Crippen LogP contribution in [0.15, 0.2) is 48.7 Å². The van der Waals surface area contributed by atoms with Gasteiger partial charge in [-0.2, -0.15) is 0 Å². The van der Waals surface area contributed by atoms with Crippen molar-refractivity contribution in [2.24, 2.45) is 11.7 Å². The van der Waals surface area contributed by atoms with E-state index in [0.29, 0.717) is 43.4 Å². The molecule has 1 saturated carbocycles. The molecular formula is C38H55F2N5O. The highest BCUT2D eigenvalue weighted by Crippen LogP contribution is 2.40. The van der Waals surface area contributed by atoms with Crippen LogP contribution < -0.4 is 5.73 Å². The van der Waals surface area contributed by atoms with Crippen molar-refractivity contribution in [3.05, 3.63) is 65.5 Å². The van der Waals surface area contributed by atoms with Gasteiger partial charge in [-0.25, -0.2) is 8.78 Å². The Hall–Kier alpha value is -2.26. The number of halogens is 2. The summed E-state index contributed by atoms with van der Waals surface area (Å²) in [5.74, 6) is -2.53. The predicted octanol–water partition coefficient (Wildman–Crippen LogP) is 6.61. The number of rotatable bonds is 14. The van der Waals surface area contributed by atoms with Crippen LogP contribution >= 0.6 is 0 Å². The number of nitrogens with zero attached hydrogens (tertiary/aromatic N) is 4. The lowest BCUT2D eigenvalue weighted by atomic mass is 9.79. The third-order valence-corrected chi connectivity index (χ3v) is 11.8. The van der Waals surface area contributed by atoms with Crippen LogP contribution in [0.2, 0.25) is 0 Å². The number of hydrogen-bond acceptors (Lipinski definition) is 6. The van der Waals surface area contributed by atoms with Gasteiger partial charge in [0.05, 0.1) is 11.7 Å². The summed E-state index contributed by atoms with van der Waals surface area (Å²) in [6.07, 6.45) is 11.7. The molecule has 5 atom stereocenters. The molecule has 2 aromatic rings. The van der Waals surface area contributed by atoms with Gasteiger partial charge in [-0.05, 0) is 114 Å². The number of unbranched alkanes of at least 4 members (excludes halogenated alkanes) is 1. The second-order valence-electron chi connectivity index (χ2n) is 14.7. The fourth-order valence-electron chi connectivity index (χ4n) is 9.15. The molecule has 2 bridgehead atoms. The zero-order valence-electron chi connectivity index (χ0n) is 27.8. The fourth-order valence-corrected chi connectivity index (χ4v) is 9.15. The maximum Gasteiger partial charge on any atom is 0.248 e. The maximum atomic E-state index is 13.8. The molecule has 0 amide bonds. The Morgan fingerprint density at radius 3 is 2.65 bits per heavy atom. The van der Waals surface area contributed by atoms with Crippen molar-refractivity contribution < 1.29 is 13.6 Å². The van der Waals surface area contributed by atoms with Gasteiger partial charge < -0.3 is 5.73 Å². The summed E-state index contributed by atoms with van der Waals surface area (Å²) in [6, 6.07) is 16.6. The first-order valence-electron chi connectivity index (χ1n) is 18.1. The van der Waals surface area contributed by atoms with Crippen molar-refractivity contribution in [2.45, 2.75) is 119 Å². The number of fused-ring (bicyclic) bond motifs is 3. The van der Waals surface area contributed by atoms with Gasteiger partial charge in [0.2, 0.25) is 5.92 Å². The van der Waals surface area contributed by atoms with Crippen LogP contribution in [-0.2, 0) is 11.2 Å². The van der Waals surface area contributed by atoms with E-state index in [1.165, 1.54) is 36.1 Å². The van der Waals surface area contributed by atoms with E-state index < -0.39 is 5.92 Å². The van der Waals surface area contributed by atoms with Crippen LogP contribution in [0, 0.1) is 5.92 Å². The van der Waals surface area contributed by atoms with Crippen LogP contribution in [-0.4, -0.2) is 89.3 Å². The molecule has 8 heteroatoms. The number of piperazine rings is 1. The Morgan fingerprint density at radius 2 is 1.87 bits per heavy atom. The molecule has 0 spiro atoms. The maximum absolute atomic E-state index is 13.8. The zero-order valence-corrected chi connectivity index (χ0v) is 27.8. The van der Waals surface area contributed by atoms with Gasteiger partial charge in [0.1, 0.15) is 5.78 Å². The molecule has 3 heterocycles. The van der Waals surface area contributed by atoms with Crippen LogP contribution in [0.3, 0.4) is 0 Å². The van der Waals surface area contributed by atoms with Crippen molar-refractivity contribution in [3.8, 4) is 0 Å². The van der Waals surface area contributed by atoms with Gasteiger partial charge in [-0.15, -0.1) is 0 Å². The molecule has 46 heavy (non-hydrogen) atoms. The number of pyridine rings is 1.